The van der Waals surface area contributed by atoms with E-state index in [9.17, 15) is 4.79 Å². The van der Waals surface area contributed by atoms with Crippen molar-refractivity contribution in [3.05, 3.63) is 36.2 Å². The highest BCUT2D eigenvalue weighted by Crippen LogP contribution is 2.40. The Morgan fingerprint density at radius 2 is 2.03 bits per heavy atom. The topological polar surface area (TPSA) is 109 Å². The van der Waals surface area contributed by atoms with E-state index in [1.54, 1.807) is 10.7 Å². The summed E-state index contributed by atoms with van der Waals surface area (Å²) in [5.41, 5.74) is 4.06. The maximum Gasteiger partial charge on any atom is 0.247 e. The fourth-order valence-corrected chi connectivity index (χ4v) is 5.30. The van der Waals surface area contributed by atoms with E-state index in [2.05, 4.69) is 30.8 Å². The van der Waals surface area contributed by atoms with Gasteiger partial charge in [0.1, 0.15) is 6.61 Å². The van der Waals surface area contributed by atoms with Crippen LogP contribution in [0.15, 0.2) is 35.7 Å². The van der Waals surface area contributed by atoms with Crippen LogP contribution in [-0.4, -0.2) is 50.9 Å². The summed E-state index contributed by atoms with van der Waals surface area (Å²) in [7, 11) is 0. The number of benzene rings is 1. The Balaban J connectivity index is 1.22. The number of carbonyl (C=O) groups excluding carboxylic acids is 1. The summed E-state index contributed by atoms with van der Waals surface area (Å²) in [4.78, 5) is 29.4. The number of amides is 1. The van der Waals surface area contributed by atoms with Crippen molar-refractivity contribution in [1.82, 2.24) is 19.6 Å². The minimum atomic E-state index is -0.530. The number of aromatic nitrogens is 4. The Labute approximate surface area is 197 Å². The highest BCUT2D eigenvalue weighted by molar-refractivity contribution is 6.06. The Morgan fingerprint density at radius 1 is 1.21 bits per heavy atom. The highest BCUT2D eigenvalue weighted by Gasteiger charge is 2.39. The van der Waals surface area contributed by atoms with Crippen molar-refractivity contribution in [2.75, 3.05) is 35.2 Å². The Bertz CT molecular complexity index is 1320. The smallest absolute Gasteiger partial charge is 0.247 e. The standard InChI is InChI=1S/C24H28N8O2/c1-15-13-24(14-34-30-15)6-9-31(10-7-24)19-20-28-22(29-32(20)11-8-25-19)26-16-4-5-17-18(12-16)27-21(33)23(17,2)3/h4-5,8,11-12H,6-7,9-10,13-14H2,1-3H3,(H,26,29)(H,27,33). The summed E-state index contributed by atoms with van der Waals surface area (Å²) in [6.45, 7) is 8.36. The fraction of sp³-hybridized carbons (Fsp3) is 0.458. The van der Waals surface area contributed by atoms with Crippen LogP contribution in [-0.2, 0) is 15.0 Å². The molecule has 1 saturated heterocycles. The van der Waals surface area contributed by atoms with E-state index in [0.717, 1.165) is 60.8 Å². The van der Waals surface area contributed by atoms with E-state index in [1.807, 2.05) is 45.2 Å². The molecule has 2 aromatic heterocycles. The second-order valence-corrected chi connectivity index (χ2v) is 10.2. The van der Waals surface area contributed by atoms with Crippen LogP contribution in [0, 0.1) is 5.41 Å². The van der Waals surface area contributed by atoms with Crippen LogP contribution in [0.5, 0.6) is 0 Å². The number of hydrogen-bond donors (Lipinski definition) is 2. The van der Waals surface area contributed by atoms with Gasteiger partial charge in [-0.15, -0.1) is 5.10 Å². The first-order valence-corrected chi connectivity index (χ1v) is 11.7. The predicted molar refractivity (Wildman–Crippen MR) is 130 cm³/mol. The molecule has 10 heteroatoms. The molecule has 3 aromatic rings. The molecule has 0 atom stereocenters. The Morgan fingerprint density at radius 3 is 2.82 bits per heavy atom. The molecular weight excluding hydrogens is 432 g/mol. The van der Waals surface area contributed by atoms with Gasteiger partial charge in [0.2, 0.25) is 11.9 Å². The van der Waals surface area contributed by atoms with Crippen molar-refractivity contribution in [3.63, 3.8) is 0 Å². The highest BCUT2D eigenvalue weighted by atomic mass is 16.6. The third-order valence-electron chi connectivity index (χ3n) is 7.35. The molecule has 1 fully saturated rings. The van der Waals surface area contributed by atoms with Gasteiger partial charge in [0.15, 0.2) is 11.5 Å². The van der Waals surface area contributed by atoms with Crippen LogP contribution in [0.3, 0.4) is 0 Å². The summed E-state index contributed by atoms with van der Waals surface area (Å²) in [5, 5.41) is 14.9. The lowest BCUT2D eigenvalue weighted by atomic mass is 9.75. The van der Waals surface area contributed by atoms with Gasteiger partial charge in [0.25, 0.3) is 0 Å². The van der Waals surface area contributed by atoms with Gasteiger partial charge in [-0.3, -0.25) is 4.79 Å². The quantitative estimate of drug-likeness (QED) is 0.616. The monoisotopic (exact) mass is 460 g/mol. The number of oxime groups is 1. The molecular formula is C24H28N8O2. The van der Waals surface area contributed by atoms with Crippen LogP contribution in [0.2, 0.25) is 0 Å². The summed E-state index contributed by atoms with van der Waals surface area (Å²) < 4.78 is 1.76. The van der Waals surface area contributed by atoms with Gasteiger partial charge in [-0.25, -0.2) is 9.50 Å². The first-order chi connectivity index (χ1) is 16.3. The van der Waals surface area contributed by atoms with Crippen molar-refractivity contribution in [1.29, 1.82) is 0 Å². The van der Waals surface area contributed by atoms with Crippen molar-refractivity contribution in [3.8, 4) is 0 Å². The summed E-state index contributed by atoms with van der Waals surface area (Å²) in [6.07, 6.45) is 6.62. The molecule has 6 rings (SSSR count). The molecule has 3 aliphatic rings. The van der Waals surface area contributed by atoms with E-state index in [0.29, 0.717) is 18.2 Å². The number of rotatable bonds is 3. The maximum atomic E-state index is 12.3. The van der Waals surface area contributed by atoms with Gasteiger partial charge in [-0.05, 0) is 57.7 Å². The molecule has 0 aliphatic carbocycles. The largest absolute Gasteiger partial charge is 0.395 e. The van der Waals surface area contributed by atoms with Crippen LogP contribution >= 0.6 is 0 Å². The van der Waals surface area contributed by atoms with E-state index >= 15 is 0 Å². The van der Waals surface area contributed by atoms with Gasteiger partial charge in [-0.2, -0.15) is 4.98 Å². The zero-order chi connectivity index (χ0) is 23.5. The molecule has 34 heavy (non-hydrogen) atoms. The number of nitrogens with one attached hydrogen (secondary N) is 2. The van der Waals surface area contributed by atoms with E-state index < -0.39 is 5.41 Å². The third kappa shape index (κ3) is 3.36. The van der Waals surface area contributed by atoms with Gasteiger partial charge in [0, 0.05) is 42.3 Å². The third-order valence-corrected chi connectivity index (χ3v) is 7.35. The van der Waals surface area contributed by atoms with Crippen molar-refractivity contribution in [2.45, 2.75) is 45.4 Å². The average molecular weight is 461 g/mol. The Hall–Kier alpha value is -3.69. The van der Waals surface area contributed by atoms with Crippen LogP contribution in [0.25, 0.3) is 5.65 Å². The predicted octanol–water partition coefficient (Wildman–Crippen LogP) is 3.48. The SMILES string of the molecule is CC1=NOCC2(CCN(c3nccn4nc(Nc5ccc6c(c5)NC(=O)C6(C)C)nc34)CC2)C1. The summed E-state index contributed by atoms with van der Waals surface area (Å²) >= 11 is 0. The normalized spacial score (nSPS) is 20.6. The first kappa shape index (κ1) is 20.9. The lowest BCUT2D eigenvalue weighted by molar-refractivity contribution is -0.119. The number of anilines is 4. The number of carbonyl (C=O) groups is 1. The molecule has 1 aromatic carbocycles. The van der Waals surface area contributed by atoms with Crippen LogP contribution in [0.4, 0.5) is 23.1 Å². The molecule has 0 radical (unpaired) electrons. The van der Waals surface area contributed by atoms with Gasteiger partial charge < -0.3 is 20.4 Å². The second-order valence-electron chi connectivity index (χ2n) is 10.2. The van der Waals surface area contributed by atoms with Crippen molar-refractivity contribution >= 4 is 40.4 Å². The first-order valence-electron chi connectivity index (χ1n) is 11.7. The van der Waals surface area contributed by atoms with Crippen molar-refractivity contribution in [2.24, 2.45) is 10.6 Å². The molecule has 0 unspecified atom stereocenters. The molecule has 5 heterocycles. The fourth-order valence-electron chi connectivity index (χ4n) is 5.30. The minimum absolute atomic E-state index is 0.00627. The molecule has 1 amide bonds. The number of piperidine rings is 1. The molecule has 2 N–H and O–H groups in total. The number of hydrogen-bond acceptors (Lipinski definition) is 8. The zero-order valence-electron chi connectivity index (χ0n) is 19.6. The lowest BCUT2D eigenvalue weighted by Gasteiger charge is -2.42. The molecule has 1 spiro atoms. The summed E-state index contributed by atoms with van der Waals surface area (Å²) in [5.74, 6) is 1.33. The second kappa shape index (κ2) is 7.41. The van der Waals surface area contributed by atoms with E-state index in [1.165, 1.54) is 0 Å². The van der Waals surface area contributed by atoms with E-state index in [4.69, 9.17) is 9.82 Å². The maximum absolute atomic E-state index is 12.3. The van der Waals surface area contributed by atoms with E-state index in [-0.39, 0.29) is 11.3 Å². The molecule has 3 aliphatic heterocycles. The summed E-state index contributed by atoms with van der Waals surface area (Å²) in [6, 6.07) is 5.85. The number of fused-ring (bicyclic) bond motifs is 2. The van der Waals surface area contributed by atoms with Gasteiger partial charge >= 0.3 is 0 Å². The van der Waals surface area contributed by atoms with Crippen LogP contribution in [0.1, 0.15) is 45.6 Å². The molecule has 10 nitrogen and oxygen atoms in total. The van der Waals surface area contributed by atoms with Gasteiger partial charge in [0.05, 0.1) is 11.1 Å². The molecule has 176 valence electrons. The molecule has 0 bridgehead atoms. The zero-order valence-corrected chi connectivity index (χ0v) is 19.6. The van der Waals surface area contributed by atoms with Crippen LogP contribution < -0.4 is 15.5 Å². The Kier molecular flexibility index (Phi) is 4.55. The minimum Gasteiger partial charge on any atom is -0.395 e. The molecule has 0 saturated carbocycles. The number of nitrogens with zero attached hydrogens (tertiary/aromatic N) is 6. The lowest BCUT2D eigenvalue weighted by Crippen LogP contribution is -2.45. The van der Waals surface area contributed by atoms with Crippen molar-refractivity contribution < 1.29 is 9.63 Å². The average Bonchev–Trinajstić information content (AvgIpc) is 3.31. The van der Waals surface area contributed by atoms with Gasteiger partial charge in [-0.1, -0.05) is 11.2 Å².